The van der Waals surface area contributed by atoms with Gasteiger partial charge in [0.2, 0.25) is 0 Å². The number of benzene rings is 1. The molecule has 1 atom stereocenters. The number of rotatable bonds is 6. The van der Waals surface area contributed by atoms with Gasteiger partial charge in [0.15, 0.2) is 11.5 Å². The van der Waals surface area contributed by atoms with Gasteiger partial charge in [0.25, 0.3) is 0 Å². The van der Waals surface area contributed by atoms with Crippen molar-refractivity contribution in [2.24, 2.45) is 0 Å². The Morgan fingerprint density at radius 3 is 2.84 bits per heavy atom. The number of hydrogen-bond acceptors (Lipinski definition) is 3. The number of alkyl halides is 1. The minimum atomic E-state index is 0.221. The molecule has 1 unspecified atom stereocenters. The third-order valence-corrected chi connectivity index (χ3v) is 3.81. The summed E-state index contributed by atoms with van der Waals surface area (Å²) >= 11 is 3.45. The molecule has 0 aromatic heterocycles. The maximum absolute atomic E-state index is 5.86. The van der Waals surface area contributed by atoms with Gasteiger partial charge in [0.05, 0.1) is 12.7 Å². The highest BCUT2D eigenvalue weighted by Crippen LogP contribution is 2.30. The zero-order valence-corrected chi connectivity index (χ0v) is 12.9. The first-order chi connectivity index (χ1) is 9.33. The molecule has 1 aromatic rings. The second-order valence-electron chi connectivity index (χ2n) is 4.65. The van der Waals surface area contributed by atoms with Crippen LogP contribution in [0.5, 0.6) is 11.5 Å². The molecule has 1 saturated heterocycles. The van der Waals surface area contributed by atoms with E-state index in [2.05, 4.69) is 15.9 Å². The van der Waals surface area contributed by atoms with Gasteiger partial charge in [0.1, 0.15) is 6.61 Å². The van der Waals surface area contributed by atoms with E-state index in [-0.39, 0.29) is 6.10 Å². The maximum atomic E-state index is 5.86. The van der Waals surface area contributed by atoms with E-state index >= 15 is 0 Å². The lowest BCUT2D eigenvalue weighted by Gasteiger charge is -2.23. The quantitative estimate of drug-likeness (QED) is 0.740. The van der Waals surface area contributed by atoms with E-state index in [1.807, 2.05) is 25.1 Å². The average Bonchev–Trinajstić information content (AvgIpc) is 2.47. The minimum absolute atomic E-state index is 0.221. The Morgan fingerprint density at radius 1 is 1.26 bits per heavy atom. The summed E-state index contributed by atoms with van der Waals surface area (Å²) in [4.78, 5) is 0. The van der Waals surface area contributed by atoms with Crippen LogP contribution < -0.4 is 9.47 Å². The molecule has 1 fully saturated rings. The monoisotopic (exact) mass is 328 g/mol. The van der Waals surface area contributed by atoms with Crippen LogP contribution in [-0.4, -0.2) is 25.9 Å². The van der Waals surface area contributed by atoms with E-state index in [0.29, 0.717) is 13.2 Å². The molecule has 19 heavy (non-hydrogen) atoms. The van der Waals surface area contributed by atoms with E-state index in [1.165, 1.54) is 18.4 Å². The summed E-state index contributed by atoms with van der Waals surface area (Å²) < 4.78 is 17.2. The predicted molar refractivity (Wildman–Crippen MR) is 79.3 cm³/mol. The summed E-state index contributed by atoms with van der Waals surface area (Å²) in [5.41, 5.74) is 1.18. The summed E-state index contributed by atoms with van der Waals surface area (Å²) in [5.74, 6) is 1.62. The fourth-order valence-corrected chi connectivity index (χ4v) is 2.49. The van der Waals surface area contributed by atoms with Gasteiger partial charge < -0.3 is 14.2 Å². The molecule has 106 valence electrons. The second-order valence-corrected chi connectivity index (χ2v) is 5.21. The van der Waals surface area contributed by atoms with Gasteiger partial charge >= 0.3 is 0 Å². The van der Waals surface area contributed by atoms with Crippen LogP contribution >= 0.6 is 15.9 Å². The third kappa shape index (κ3) is 4.39. The summed E-state index contributed by atoms with van der Waals surface area (Å²) in [6.07, 6.45) is 3.71. The Hall–Kier alpha value is -0.740. The Kier molecular flexibility index (Phi) is 5.98. The molecule has 1 aliphatic heterocycles. The van der Waals surface area contributed by atoms with Gasteiger partial charge in [0, 0.05) is 11.9 Å². The van der Waals surface area contributed by atoms with Crippen LogP contribution in [0.2, 0.25) is 0 Å². The Labute approximate surface area is 123 Å². The first kappa shape index (κ1) is 14.7. The highest BCUT2D eigenvalue weighted by Gasteiger charge is 2.15. The molecular weight excluding hydrogens is 308 g/mol. The van der Waals surface area contributed by atoms with Crippen LogP contribution in [0.3, 0.4) is 0 Å². The fourth-order valence-electron chi connectivity index (χ4n) is 2.14. The fraction of sp³-hybridized carbons (Fsp3) is 0.600. The van der Waals surface area contributed by atoms with Gasteiger partial charge in [-0.15, -0.1) is 0 Å². The second kappa shape index (κ2) is 7.75. The SMILES string of the molecule is CCOc1cc(CBr)ccc1OCC1CCCCO1. The third-order valence-electron chi connectivity index (χ3n) is 3.16. The lowest BCUT2D eigenvalue weighted by molar-refractivity contribution is -0.0115. The summed E-state index contributed by atoms with van der Waals surface area (Å²) in [6.45, 7) is 4.08. The number of hydrogen-bond donors (Lipinski definition) is 0. The van der Waals surface area contributed by atoms with Crippen LogP contribution in [-0.2, 0) is 10.1 Å². The Bertz CT molecular complexity index is 389. The molecule has 1 aromatic carbocycles. The normalized spacial score (nSPS) is 19.2. The van der Waals surface area contributed by atoms with Gasteiger partial charge in [-0.25, -0.2) is 0 Å². The van der Waals surface area contributed by atoms with Crippen LogP contribution in [0.4, 0.5) is 0 Å². The lowest BCUT2D eigenvalue weighted by atomic mass is 10.1. The summed E-state index contributed by atoms with van der Waals surface area (Å²) in [7, 11) is 0. The zero-order chi connectivity index (χ0) is 13.5. The van der Waals surface area contributed by atoms with Crippen molar-refractivity contribution in [2.45, 2.75) is 37.6 Å². The largest absolute Gasteiger partial charge is 0.490 e. The van der Waals surface area contributed by atoms with Crippen molar-refractivity contribution in [1.29, 1.82) is 0 Å². The van der Waals surface area contributed by atoms with Gasteiger partial charge in [-0.1, -0.05) is 22.0 Å². The first-order valence-corrected chi connectivity index (χ1v) is 8.01. The molecule has 0 bridgehead atoms. The van der Waals surface area contributed by atoms with E-state index in [0.717, 1.165) is 29.9 Å². The molecule has 2 rings (SSSR count). The maximum Gasteiger partial charge on any atom is 0.161 e. The van der Waals surface area contributed by atoms with Crippen molar-refractivity contribution in [3.8, 4) is 11.5 Å². The summed E-state index contributed by atoms with van der Waals surface area (Å²) in [6, 6.07) is 6.05. The molecular formula is C15H21BrO3. The van der Waals surface area contributed by atoms with Gasteiger partial charge in [-0.05, 0) is 43.9 Å². The molecule has 0 radical (unpaired) electrons. The predicted octanol–water partition coefficient (Wildman–Crippen LogP) is 3.93. The smallest absolute Gasteiger partial charge is 0.161 e. The highest BCUT2D eigenvalue weighted by molar-refractivity contribution is 9.08. The Balaban J connectivity index is 1.97. The van der Waals surface area contributed by atoms with E-state index in [4.69, 9.17) is 14.2 Å². The lowest BCUT2D eigenvalue weighted by Crippen LogP contribution is -2.25. The first-order valence-electron chi connectivity index (χ1n) is 6.89. The molecule has 0 amide bonds. The average molecular weight is 329 g/mol. The molecule has 1 heterocycles. The van der Waals surface area contributed by atoms with Crippen molar-refractivity contribution in [3.63, 3.8) is 0 Å². The molecule has 0 saturated carbocycles. The van der Waals surface area contributed by atoms with E-state index in [1.54, 1.807) is 0 Å². The van der Waals surface area contributed by atoms with Crippen molar-refractivity contribution in [3.05, 3.63) is 23.8 Å². The molecule has 0 N–H and O–H groups in total. The van der Waals surface area contributed by atoms with Crippen LogP contribution in [0.15, 0.2) is 18.2 Å². The van der Waals surface area contributed by atoms with Gasteiger partial charge in [-0.2, -0.15) is 0 Å². The summed E-state index contributed by atoms with van der Waals surface area (Å²) in [5, 5.41) is 0.819. The van der Waals surface area contributed by atoms with Crippen LogP contribution in [0.25, 0.3) is 0 Å². The number of ether oxygens (including phenoxy) is 3. The molecule has 0 spiro atoms. The molecule has 4 heteroatoms. The van der Waals surface area contributed by atoms with E-state index < -0.39 is 0 Å². The van der Waals surface area contributed by atoms with Crippen LogP contribution in [0, 0.1) is 0 Å². The zero-order valence-electron chi connectivity index (χ0n) is 11.4. The molecule has 1 aliphatic rings. The standard InChI is InChI=1S/C15H21BrO3/c1-2-17-15-9-12(10-16)6-7-14(15)19-11-13-5-3-4-8-18-13/h6-7,9,13H,2-5,8,10-11H2,1H3. The van der Waals surface area contributed by atoms with Crippen molar-refractivity contribution in [1.82, 2.24) is 0 Å². The van der Waals surface area contributed by atoms with Crippen LogP contribution in [0.1, 0.15) is 31.7 Å². The topological polar surface area (TPSA) is 27.7 Å². The van der Waals surface area contributed by atoms with Crippen molar-refractivity contribution < 1.29 is 14.2 Å². The van der Waals surface area contributed by atoms with Gasteiger partial charge in [-0.3, -0.25) is 0 Å². The number of halogens is 1. The highest BCUT2D eigenvalue weighted by atomic mass is 79.9. The Morgan fingerprint density at radius 2 is 2.16 bits per heavy atom. The van der Waals surface area contributed by atoms with Crippen molar-refractivity contribution in [2.75, 3.05) is 19.8 Å². The van der Waals surface area contributed by atoms with Crippen molar-refractivity contribution >= 4 is 15.9 Å². The molecule has 3 nitrogen and oxygen atoms in total. The molecule has 0 aliphatic carbocycles. The van der Waals surface area contributed by atoms with E-state index in [9.17, 15) is 0 Å². The minimum Gasteiger partial charge on any atom is -0.490 e.